The van der Waals surface area contributed by atoms with Crippen molar-refractivity contribution in [3.63, 3.8) is 0 Å². The predicted molar refractivity (Wildman–Crippen MR) is 84.1 cm³/mol. The van der Waals surface area contributed by atoms with Crippen LogP contribution in [0.15, 0.2) is 29.2 Å². The second-order valence-electron chi connectivity index (χ2n) is 6.87. The average molecular weight is 308 g/mol. The lowest BCUT2D eigenvalue weighted by Gasteiger charge is -2.38. The number of nitrogens with one attached hydrogen (secondary N) is 1. The van der Waals surface area contributed by atoms with Crippen molar-refractivity contribution in [2.45, 2.75) is 30.7 Å². The van der Waals surface area contributed by atoms with Crippen molar-refractivity contribution in [2.75, 3.05) is 32.4 Å². The number of fused-ring (bicyclic) bond motifs is 1. The summed E-state index contributed by atoms with van der Waals surface area (Å²) in [5, 5.41) is 3.52. The highest BCUT2D eigenvalue weighted by Gasteiger charge is 2.36. The molecule has 0 radical (unpaired) electrons. The van der Waals surface area contributed by atoms with E-state index < -0.39 is 9.84 Å². The Hall–Kier alpha value is -0.910. The molecule has 0 aliphatic carbocycles. The van der Waals surface area contributed by atoms with Gasteiger partial charge in [-0.25, -0.2) is 8.42 Å². The zero-order chi connectivity index (χ0) is 15.1. The lowest BCUT2D eigenvalue weighted by Crippen LogP contribution is -2.43. The van der Waals surface area contributed by atoms with Gasteiger partial charge in [0.05, 0.1) is 10.6 Å². The Balaban J connectivity index is 1.70. The van der Waals surface area contributed by atoms with E-state index in [0.29, 0.717) is 4.90 Å². The molecule has 1 fully saturated rings. The van der Waals surface area contributed by atoms with Crippen LogP contribution in [0.5, 0.6) is 0 Å². The number of likely N-dealkylation sites (tertiary alicyclic amines) is 1. The number of nitrogens with zero attached hydrogens (tertiary/aromatic N) is 1. The maximum absolute atomic E-state index is 12.2. The van der Waals surface area contributed by atoms with E-state index >= 15 is 0 Å². The van der Waals surface area contributed by atoms with E-state index in [9.17, 15) is 8.42 Å². The number of hydrogen-bond donors (Lipinski definition) is 1. The lowest BCUT2D eigenvalue weighted by atomic mass is 9.80. The molecule has 1 unspecified atom stereocenters. The summed E-state index contributed by atoms with van der Waals surface area (Å²) in [7, 11) is -0.947. The molecule has 2 aliphatic heterocycles. The van der Waals surface area contributed by atoms with Crippen LogP contribution in [-0.4, -0.2) is 45.8 Å². The van der Waals surface area contributed by atoms with Gasteiger partial charge in [0, 0.05) is 12.6 Å². The first-order chi connectivity index (χ1) is 9.90. The molecule has 1 aromatic carbocycles. The fraction of sp³-hybridized carbons (Fsp3) is 0.625. The van der Waals surface area contributed by atoms with Crippen LogP contribution in [0.25, 0.3) is 0 Å². The molecule has 21 heavy (non-hydrogen) atoms. The number of piperidine rings is 1. The monoisotopic (exact) mass is 308 g/mol. The third-order valence-corrected chi connectivity index (χ3v) is 6.80. The minimum absolute atomic E-state index is 0.0531. The van der Waals surface area contributed by atoms with E-state index in [1.54, 1.807) is 12.1 Å². The van der Waals surface area contributed by atoms with Gasteiger partial charge < -0.3 is 10.2 Å². The Morgan fingerprint density at radius 2 is 1.95 bits per heavy atom. The fourth-order valence-corrected chi connectivity index (χ4v) is 5.10. The smallest absolute Gasteiger partial charge is 0.180 e. The largest absolute Gasteiger partial charge is 0.308 e. The number of benzene rings is 1. The summed E-state index contributed by atoms with van der Waals surface area (Å²) in [6, 6.07) is 7.34. The first kappa shape index (κ1) is 15.0. The molecule has 3 rings (SSSR count). The first-order valence-electron chi connectivity index (χ1n) is 7.63. The van der Waals surface area contributed by atoms with Crippen molar-refractivity contribution in [2.24, 2.45) is 5.41 Å². The van der Waals surface area contributed by atoms with E-state index in [4.69, 9.17) is 0 Å². The predicted octanol–water partition coefficient (Wildman–Crippen LogP) is 1.84. The van der Waals surface area contributed by atoms with Gasteiger partial charge in [0.15, 0.2) is 9.84 Å². The molecule has 0 saturated carbocycles. The maximum Gasteiger partial charge on any atom is 0.180 e. The van der Waals surface area contributed by atoms with Gasteiger partial charge in [0.25, 0.3) is 0 Å². The van der Waals surface area contributed by atoms with Crippen LogP contribution in [0.1, 0.15) is 31.4 Å². The molecule has 1 N–H and O–H groups in total. The third-order valence-electron chi connectivity index (χ3n) is 4.98. The normalized spacial score (nSPS) is 27.4. The molecule has 0 aromatic heterocycles. The standard InChI is InChI=1S/C16H24N2O2S/c1-16(7-9-18(2)10-8-16)12-17-14-11-21(19,20)15-6-4-3-5-13(14)15/h3-6,14,17H,7-12H2,1-2H3. The topological polar surface area (TPSA) is 49.4 Å². The van der Waals surface area contributed by atoms with Crippen LogP contribution in [0.4, 0.5) is 0 Å². The Morgan fingerprint density at radius 3 is 2.67 bits per heavy atom. The summed E-state index contributed by atoms with van der Waals surface area (Å²) in [5.74, 6) is 0.197. The molecule has 2 aliphatic rings. The van der Waals surface area contributed by atoms with Gasteiger partial charge in [-0.1, -0.05) is 25.1 Å². The maximum atomic E-state index is 12.2. The van der Waals surface area contributed by atoms with E-state index in [0.717, 1.165) is 38.0 Å². The molecule has 4 nitrogen and oxygen atoms in total. The highest BCUT2D eigenvalue weighted by molar-refractivity contribution is 7.91. The lowest BCUT2D eigenvalue weighted by molar-refractivity contribution is 0.134. The number of hydrogen-bond acceptors (Lipinski definition) is 4. The van der Waals surface area contributed by atoms with Crippen LogP contribution in [0.2, 0.25) is 0 Å². The third kappa shape index (κ3) is 3.00. The van der Waals surface area contributed by atoms with Gasteiger partial charge in [0.1, 0.15) is 0 Å². The molecule has 1 atom stereocenters. The fourth-order valence-electron chi connectivity index (χ4n) is 3.32. The molecule has 1 saturated heterocycles. The van der Waals surface area contributed by atoms with Crippen LogP contribution in [-0.2, 0) is 9.84 Å². The molecule has 116 valence electrons. The van der Waals surface area contributed by atoms with Gasteiger partial charge in [-0.05, 0) is 50.0 Å². The van der Waals surface area contributed by atoms with Gasteiger partial charge >= 0.3 is 0 Å². The zero-order valence-electron chi connectivity index (χ0n) is 12.8. The molecular weight excluding hydrogens is 284 g/mol. The van der Waals surface area contributed by atoms with Crippen LogP contribution >= 0.6 is 0 Å². The van der Waals surface area contributed by atoms with E-state index in [-0.39, 0.29) is 17.2 Å². The quantitative estimate of drug-likeness (QED) is 0.925. The summed E-state index contributed by atoms with van der Waals surface area (Å²) in [4.78, 5) is 2.87. The van der Waals surface area contributed by atoms with E-state index in [1.165, 1.54) is 0 Å². The van der Waals surface area contributed by atoms with Gasteiger partial charge in [-0.15, -0.1) is 0 Å². The molecule has 0 bridgehead atoms. The van der Waals surface area contributed by atoms with E-state index in [2.05, 4.69) is 24.2 Å². The van der Waals surface area contributed by atoms with Crippen LogP contribution in [0.3, 0.4) is 0 Å². The van der Waals surface area contributed by atoms with E-state index in [1.807, 2.05) is 12.1 Å². The van der Waals surface area contributed by atoms with Crippen molar-refractivity contribution < 1.29 is 8.42 Å². The number of rotatable bonds is 3. The molecule has 0 amide bonds. The summed E-state index contributed by atoms with van der Waals surface area (Å²) in [5.41, 5.74) is 1.21. The SMILES string of the molecule is CN1CCC(C)(CNC2CS(=O)(=O)c3ccccc32)CC1. The Kier molecular flexibility index (Phi) is 3.84. The molecular formula is C16H24N2O2S. The second kappa shape index (κ2) is 5.38. The summed E-state index contributed by atoms with van der Waals surface area (Å²) >= 11 is 0. The Bertz CT molecular complexity index is 619. The van der Waals surface area contributed by atoms with Gasteiger partial charge in [-0.3, -0.25) is 0 Å². The average Bonchev–Trinajstić information content (AvgIpc) is 2.73. The van der Waals surface area contributed by atoms with Crippen LogP contribution < -0.4 is 5.32 Å². The highest BCUT2D eigenvalue weighted by atomic mass is 32.2. The summed E-state index contributed by atoms with van der Waals surface area (Å²) in [6.45, 7) is 5.44. The van der Waals surface area contributed by atoms with Crippen molar-refractivity contribution >= 4 is 9.84 Å². The van der Waals surface area contributed by atoms with Crippen molar-refractivity contribution in [3.05, 3.63) is 29.8 Å². The van der Waals surface area contributed by atoms with Crippen molar-refractivity contribution in [3.8, 4) is 0 Å². The molecule has 0 spiro atoms. The molecule has 5 heteroatoms. The Labute approximate surface area is 127 Å². The van der Waals surface area contributed by atoms with Gasteiger partial charge in [-0.2, -0.15) is 0 Å². The Morgan fingerprint density at radius 1 is 1.29 bits per heavy atom. The second-order valence-corrected chi connectivity index (χ2v) is 8.87. The molecule has 1 aromatic rings. The summed E-state index contributed by atoms with van der Waals surface area (Å²) < 4.78 is 24.4. The van der Waals surface area contributed by atoms with Crippen molar-refractivity contribution in [1.29, 1.82) is 0 Å². The summed E-state index contributed by atoms with van der Waals surface area (Å²) in [6.07, 6.45) is 2.33. The van der Waals surface area contributed by atoms with Gasteiger partial charge in [0.2, 0.25) is 0 Å². The van der Waals surface area contributed by atoms with Crippen molar-refractivity contribution in [1.82, 2.24) is 10.2 Å². The zero-order valence-corrected chi connectivity index (χ0v) is 13.6. The molecule has 2 heterocycles. The minimum atomic E-state index is -3.11. The first-order valence-corrected chi connectivity index (χ1v) is 9.29. The number of sulfone groups is 1. The highest BCUT2D eigenvalue weighted by Crippen LogP contribution is 2.35. The van der Waals surface area contributed by atoms with Crippen LogP contribution in [0, 0.1) is 5.41 Å². The minimum Gasteiger partial charge on any atom is -0.308 e.